The summed E-state index contributed by atoms with van der Waals surface area (Å²) in [5.74, 6) is 0. The molecule has 1 aliphatic rings. The van der Waals surface area contributed by atoms with Crippen molar-refractivity contribution in [3.63, 3.8) is 0 Å². The van der Waals surface area contributed by atoms with E-state index in [9.17, 15) is 13.2 Å². The van der Waals surface area contributed by atoms with Crippen molar-refractivity contribution in [3.8, 4) is 0 Å². The second-order valence-corrected chi connectivity index (χ2v) is 5.45. The molecule has 1 aliphatic carbocycles. The number of hydrogen-bond donors (Lipinski definition) is 1. The summed E-state index contributed by atoms with van der Waals surface area (Å²) >= 11 is 5.84. The Hall–Kier alpha value is -0.810. The van der Waals surface area contributed by atoms with Crippen molar-refractivity contribution in [1.29, 1.82) is 0 Å². The number of alkyl halides is 3. The minimum absolute atomic E-state index is 0.0473. The molecule has 17 heavy (non-hydrogen) atoms. The lowest BCUT2D eigenvalue weighted by atomic mass is 9.97. The Morgan fingerprint density at radius 1 is 1.41 bits per heavy atom. The molecule has 0 aromatic carbocycles. The first-order chi connectivity index (χ1) is 7.58. The van der Waals surface area contributed by atoms with E-state index in [4.69, 9.17) is 17.3 Å². The third kappa shape index (κ3) is 1.91. The van der Waals surface area contributed by atoms with Crippen LogP contribution in [-0.2, 0) is 11.7 Å². The van der Waals surface area contributed by atoms with E-state index < -0.39 is 17.3 Å². The highest BCUT2D eigenvalue weighted by molar-refractivity contribution is 6.30. The zero-order valence-corrected chi connectivity index (χ0v) is 10.2. The number of pyridine rings is 1. The molecule has 2 N–H and O–H groups in total. The maximum atomic E-state index is 12.6. The van der Waals surface area contributed by atoms with E-state index in [1.165, 1.54) is 0 Å². The van der Waals surface area contributed by atoms with E-state index in [0.29, 0.717) is 6.42 Å². The number of aromatic nitrogens is 1. The second-order valence-electron chi connectivity index (χ2n) is 5.09. The summed E-state index contributed by atoms with van der Waals surface area (Å²) in [5, 5.41) is 0.0473. The molecule has 0 amide bonds. The average Bonchev–Trinajstić information content (AvgIpc) is 2.65. The number of rotatable bonds is 1. The van der Waals surface area contributed by atoms with Gasteiger partial charge in [-0.25, -0.2) is 4.98 Å². The van der Waals surface area contributed by atoms with Gasteiger partial charge in [0.1, 0.15) is 5.15 Å². The molecule has 94 valence electrons. The molecule has 0 spiro atoms. The van der Waals surface area contributed by atoms with Crippen LogP contribution in [0.5, 0.6) is 0 Å². The van der Waals surface area contributed by atoms with Gasteiger partial charge in [-0.3, -0.25) is 0 Å². The van der Waals surface area contributed by atoms with Crippen LogP contribution in [-0.4, -0.2) is 4.98 Å². The van der Waals surface area contributed by atoms with Crippen LogP contribution in [0.3, 0.4) is 0 Å². The molecule has 0 aliphatic heterocycles. The second kappa shape index (κ2) is 3.36. The summed E-state index contributed by atoms with van der Waals surface area (Å²) in [6, 6.07) is 1.00. The summed E-state index contributed by atoms with van der Waals surface area (Å²) in [4.78, 5) is 3.58. The summed E-state index contributed by atoms with van der Waals surface area (Å²) < 4.78 is 37.7. The Morgan fingerprint density at radius 3 is 2.35 bits per heavy atom. The first-order valence-electron chi connectivity index (χ1n) is 5.10. The standard InChI is InChI=1S/C11H12ClF3N2/c1-9(2)5-10(9,16)7-3-6(11(13,14)15)4-17-8(7)12/h3-4H,5,16H2,1-2H3. The summed E-state index contributed by atoms with van der Waals surface area (Å²) in [6.45, 7) is 3.78. The SMILES string of the molecule is CC1(C)CC1(N)c1cc(C(F)(F)F)cnc1Cl. The highest BCUT2D eigenvalue weighted by atomic mass is 35.5. The van der Waals surface area contributed by atoms with Gasteiger partial charge in [0.15, 0.2) is 0 Å². The average molecular weight is 265 g/mol. The highest BCUT2D eigenvalue weighted by Crippen LogP contribution is 2.61. The van der Waals surface area contributed by atoms with Crippen LogP contribution in [0, 0.1) is 5.41 Å². The van der Waals surface area contributed by atoms with Gasteiger partial charge in [0.2, 0.25) is 0 Å². The molecular weight excluding hydrogens is 253 g/mol. The molecule has 2 rings (SSSR count). The molecule has 0 bridgehead atoms. The van der Waals surface area contributed by atoms with E-state index in [1.54, 1.807) is 0 Å². The van der Waals surface area contributed by atoms with Crippen LogP contribution in [0.4, 0.5) is 13.2 Å². The maximum absolute atomic E-state index is 12.6. The lowest BCUT2D eigenvalue weighted by Gasteiger charge is -2.18. The predicted octanol–water partition coefficient (Wildman–Crippen LogP) is 3.34. The molecule has 6 heteroatoms. The van der Waals surface area contributed by atoms with Crippen LogP contribution in [0.25, 0.3) is 0 Å². The first-order valence-corrected chi connectivity index (χ1v) is 5.48. The Bertz CT molecular complexity index is 470. The van der Waals surface area contributed by atoms with Crippen molar-refractivity contribution in [2.24, 2.45) is 11.1 Å². The molecule has 1 unspecified atom stereocenters. The zero-order valence-electron chi connectivity index (χ0n) is 9.40. The molecule has 1 fully saturated rings. The van der Waals surface area contributed by atoms with Gasteiger partial charge in [-0.2, -0.15) is 13.2 Å². The highest BCUT2D eigenvalue weighted by Gasteiger charge is 2.60. The third-order valence-corrected chi connectivity index (χ3v) is 3.75. The van der Waals surface area contributed by atoms with Crippen molar-refractivity contribution in [1.82, 2.24) is 4.98 Å². The van der Waals surface area contributed by atoms with Crippen molar-refractivity contribution >= 4 is 11.6 Å². The maximum Gasteiger partial charge on any atom is 0.417 e. The van der Waals surface area contributed by atoms with Crippen LogP contribution >= 0.6 is 11.6 Å². The van der Waals surface area contributed by atoms with Gasteiger partial charge in [0.05, 0.1) is 5.56 Å². The number of nitrogens with two attached hydrogens (primary N) is 1. The fraction of sp³-hybridized carbons (Fsp3) is 0.545. The first kappa shape index (κ1) is 12.6. The van der Waals surface area contributed by atoms with Gasteiger partial charge < -0.3 is 5.73 Å². The summed E-state index contributed by atoms with van der Waals surface area (Å²) in [7, 11) is 0. The Morgan fingerprint density at radius 2 is 1.94 bits per heavy atom. The van der Waals surface area contributed by atoms with E-state index >= 15 is 0 Å². The van der Waals surface area contributed by atoms with E-state index in [2.05, 4.69) is 4.98 Å². The molecule has 0 radical (unpaired) electrons. The minimum atomic E-state index is -4.43. The predicted molar refractivity (Wildman–Crippen MR) is 58.5 cm³/mol. The van der Waals surface area contributed by atoms with Gasteiger partial charge in [0.25, 0.3) is 0 Å². The summed E-state index contributed by atoms with van der Waals surface area (Å²) in [6.07, 6.45) is -3.10. The van der Waals surface area contributed by atoms with Gasteiger partial charge in [-0.05, 0) is 17.9 Å². The lowest BCUT2D eigenvalue weighted by molar-refractivity contribution is -0.137. The van der Waals surface area contributed by atoms with Crippen LogP contribution in [0.2, 0.25) is 5.15 Å². The lowest BCUT2D eigenvalue weighted by Crippen LogP contribution is -2.27. The van der Waals surface area contributed by atoms with Crippen molar-refractivity contribution in [2.45, 2.75) is 32.0 Å². The fourth-order valence-electron chi connectivity index (χ4n) is 2.03. The quantitative estimate of drug-likeness (QED) is 0.790. The Labute approximate surface area is 102 Å². The van der Waals surface area contributed by atoms with Gasteiger partial charge in [-0.15, -0.1) is 0 Å². The fourth-order valence-corrected chi connectivity index (χ4v) is 2.30. The normalized spacial score (nSPS) is 27.0. The molecule has 1 aromatic rings. The van der Waals surface area contributed by atoms with Crippen molar-refractivity contribution in [2.75, 3.05) is 0 Å². The number of hydrogen-bond acceptors (Lipinski definition) is 2. The molecule has 1 saturated carbocycles. The summed E-state index contributed by atoms with van der Waals surface area (Å²) in [5.41, 5.74) is 4.47. The van der Waals surface area contributed by atoms with E-state index in [0.717, 1.165) is 12.3 Å². The Balaban J connectivity index is 2.49. The Kier molecular flexibility index (Phi) is 2.50. The molecule has 1 aromatic heterocycles. The topological polar surface area (TPSA) is 38.9 Å². The smallest absolute Gasteiger partial charge is 0.321 e. The van der Waals surface area contributed by atoms with Crippen molar-refractivity contribution < 1.29 is 13.2 Å². The molecule has 2 nitrogen and oxygen atoms in total. The molecular formula is C11H12ClF3N2. The molecule has 1 heterocycles. The van der Waals surface area contributed by atoms with E-state index in [1.807, 2.05) is 13.8 Å². The van der Waals surface area contributed by atoms with Gasteiger partial charge in [-0.1, -0.05) is 25.4 Å². The number of halogens is 4. The third-order valence-electron chi connectivity index (χ3n) is 3.45. The monoisotopic (exact) mass is 264 g/mol. The van der Waals surface area contributed by atoms with Crippen LogP contribution in [0.15, 0.2) is 12.3 Å². The molecule has 1 atom stereocenters. The minimum Gasteiger partial charge on any atom is -0.321 e. The van der Waals surface area contributed by atoms with Gasteiger partial charge >= 0.3 is 6.18 Å². The van der Waals surface area contributed by atoms with Crippen LogP contribution < -0.4 is 5.73 Å². The van der Waals surface area contributed by atoms with E-state index in [-0.39, 0.29) is 16.1 Å². The zero-order chi connectivity index (χ0) is 13.1. The van der Waals surface area contributed by atoms with Crippen molar-refractivity contribution in [3.05, 3.63) is 28.5 Å². The van der Waals surface area contributed by atoms with Crippen LogP contribution in [0.1, 0.15) is 31.4 Å². The number of nitrogens with zero attached hydrogens (tertiary/aromatic N) is 1. The molecule has 0 saturated heterocycles. The van der Waals surface area contributed by atoms with Gasteiger partial charge in [0, 0.05) is 17.3 Å². The largest absolute Gasteiger partial charge is 0.417 e.